The van der Waals surface area contributed by atoms with E-state index in [0.29, 0.717) is 10.3 Å². The summed E-state index contributed by atoms with van der Waals surface area (Å²) < 4.78 is 13.7. The van der Waals surface area contributed by atoms with Crippen LogP contribution in [0.5, 0.6) is 0 Å². The van der Waals surface area contributed by atoms with Crippen molar-refractivity contribution in [3.63, 3.8) is 0 Å². The monoisotopic (exact) mass is 352 g/mol. The molecule has 1 saturated heterocycles. The molecule has 0 saturated carbocycles. The van der Waals surface area contributed by atoms with Crippen LogP contribution in [0.1, 0.15) is 40.3 Å². The molecule has 0 radical (unpaired) electrons. The molecule has 8 nitrogen and oxygen atoms in total. The molecule has 130 valence electrons. The second kappa shape index (κ2) is 5.82. The molecule has 1 fully saturated rings. The third-order valence-corrected chi connectivity index (χ3v) is 5.30. The van der Waals surface area contributed by atoms with Gasteiger partial charge in [0.2, 0.25) is 5.95 Å². The lowest BCUT2D eigenvalue weighted by Gasteiger charge is -2.30. The number of anilines is 1. The molecule has 0 spiro atoms. The number of esters is 1. The van der Waals surface area contributed by atoms with Gasteiger partial charge in [-0.3, -0.25) is 14.2 Å². The Labute approximate surface area is 142 Å². The standard InChI is InChI=1S/C15H20N4O4S/c1-5-9-15(3,4)10(22-7(2)20)12(23-9)19-11-8(24-14(19)21)6-17-13(16)18-11/h6,9-10,12H,5H2,1-4H3,(H2,16,17,18)/t9-,10+,12-/m1/s1. The molecule has 0 unspecified atom stereocenters. The van der Waals surface area contributed by atoms with E-state index in [9.17, 15) is 9.59 Å². The SMILES string of the molecule is CC[C@H]1O[C@@H](n2c(=O)sc3cnc(N)nc32)[C@H](OC(C)=O)C1(C)C. The molecule has 2 aromatic heterocycles. The van der Waals surface area contributed by atoms with E-state index in [0.717, 1.165) is 17.8 Å². The zero-order valence-electron chi connectivity index (χ0n) is 14.0. The minimum absolute atomic E-state index is 0.0717. The van der Waals surface area contributed by atoms with E-state index in [4.69, 9.17) is 15.2 Å². The topological polar surface area (TPSA) is 109 Å². The average molecular weight is 352 g/mol. The number of thiazole rings is 1. The van der Waals surface area contributed by atoms with Gasteiger partial charge in [-0.25, -0.2) is 4.98 Å². The maximum Gasteiger partial charge on any atom is 0.311 e. The van der Waals surface area contributed by atoms with E-state index in [1.165, 1.54) is 17.7 Å². The number of carbonyl (C=O) groups is 1. The van der Waals surface area contributed by atoms with Gasteiger partial charge in [0.25, 0.3) is 0 Å². The molecule has 2 N–H and O–H groups in total. The zero-order valence-corrected chi connectivity index (χ0v) is 14.8. The highest BCUT2D eigenvalue weighted by Crippen LogP contribution is 2.46. The summed E-state index contributed by atoms with van der Waals surface area (Å²) in [7, 11) is 0. The molecular formula is C15H20N4O4S. The fraction of sp³-hybridized carbons (Fsp3) is 0.600. The normalized spacial score (nSPS) is 25.9. The fourth-order valence-electron chi connectivity index (χ4n) is 3.25. The van der Waals surface area contributed by atoms with Gasteiger partial charge in [0, 0.05) is 12.3 Å². The van der Waals surface area contributed by atoms with Crippen molar-refractivity contribution in [2.45, 2.75) is 52.6 Å². The van der Waals surface area contributed by atoms with E-state index in [1.807, 2.05) is 20.8 Å². The number of rotatable bonds is 3. The minimum atomic E-state index is -0.746. The summed E-state index contributed by atoms with van der Waals surface area (Å²) >= 11 is 1.01. The summed E-state index contributed by atoms with van der Waals surface area (Å²) in [4.78, 5) is 32.0. The first kappa shape index (κ1) is 16.8. The van der Waals surface area contributed by atoms with Gasteiger partial charge in [-0.2, -0.15) is 4.98 Å². The van der Waals surface area contributed by atoms with Gasteiger partial charge in [-0.05, 0) is 6.42 Å². The smallest absolute Gasteiger partial charge is 0.311 e. The predicted octanol–water partition coefficient (Wildman–Crippen LogP) is 1.70. The van der Waals surface area contributed by atoms with Crippen molar-refractivity contribution in [3.05, 3.63) is 15.9 Å². The summed E-state index contributed by atoms with van der Waals surface area (Å²) in [6.07, 6.45) is 0.733. The minimum Gasteiger partial charge on any atom is -0.457 e. The van der Waals surface area contributed by atoms with Gasteiger partial charge in [0.05, 0.1) is 17.0 Å². The van der Waals surface area contributed by atoms with Gasteiger partial charge < -0.3 is 15.2 Å². The summed E-state index contributed by atoms with van der Waals surface area (Å²) in [6, 6.07) is 0. The molecule has 3 atom stereocenters. The van der Waals surface area contributed by atoms with Crippen LogP contribution >= 0.6 is 11.3 Å². The molecule has 0 aliphatic carbocycles. The Morgan fingerprint density at radius 3 is 2.88 bits per heavy atom. The van der Waals surface area contributed by atoms with Gasteiger partial charge in [-0.15, -0.1) is 0 Å². The van der Waals surface area contributed by atoms with Crippen molar-refractivity contribution in [2.75, 3.05) is 5.73 Å². The van der Waals surface area contributed by atoms with Crippen LogP contribution < -0.4 is 10.6 Å². The molecule has 1 aliphatic heterocycles. The lowest BCUT2D eigenvalue weighted by molar-refractivity contribution is -0.156. The number of nitrogens with two attached hydrogens (primary N) is 1. The Balaban J connectivity index is 2.16. The molecular weight excluding hydrogens is 332 g/mol. The van der Waals surface area contributed by atoms with Crippen molar-refractivity contribution < 1.29 is 14.3 Å². The highest BCUT2D eigenvalue weighted by atomic mass is 32.1. The van der Waals surface area contributed by atoms with Crippen LogP contribution in [0.15, 0.2) is 11.0 Å². The Morgan fingerprint density at radius 1 is 1.54 bits per heavy atom. The second-order valence-electron chi connectivity index (χ2n) is 6.43. The lowest BCUT2D eigenvalue weighted by Crippen LogP contribution is -2.39. The second-order valence-corrected chi connectivity index (χ2v) is 7.42. The Bertz CT molecular complexity index is 844. The summed E-state index contributed by atoms with van der Waals surface area (Å²) in [5.74, 6) is -0.345. The first-order valence-electron chi connectivity index (χ1n) is 7.72. The van der Waals surface area contributed by atoms with Gasteiger partial charge in [0.1, 0.15) is 0 Å². The Morgan fingerprint density at radius 2 is 2.25 bits per heavy atom. The third-order valence-electron chi connectivity index (χ3n) is 4.42. The van der Waals surface area contributed by atoms with Crippen LogP contribution in [0, 0.1) is 5.41 Å². The number of hydrogen-bond acceptors (Lipinski definition) is 8. The van der Waals surface area contributed by atoms with Crippen molar-refractivity contribution in [1.29, 1.82) is 0 Å². The number of hydrogen-bond donors (Lipinski definition) is 1. The van der Waals surface area contributed by atoms with Crippen LogP contribution in [0.25, 0.3) is 10.3 Å². The van der Waals surface area contributed by atoms with Crippen LogP contribution in [0.3, 0.4) is 0 Å². The first-order chi connectivity index (χ1) is 11.3. The van der Waals surface area contributed by atoms with Crippen LogP contribution in [-0.4, -0.2) is 32.7 Å². The van der Waals surface area contributed by atoms with Crippen molar-refractivity contribution in [1.82, 2.24) is 14.5 Å². The number of ether oxygens (including phenoxy) is 2. The summed E-state index contributed by atoms with van der Waals surface area (Å²) in [5.41, 5.74) is 5.61. The quantitative estimate of drug-likeness (QED) is 0.837. The molecule has 3 rings (SSSR count). The molecule has 9 heteroatoms. The Kier molecular flexibility index (Phi) is 4.08. The maximum absolute atomic E-state index is 12.5. The molecule has 1 aliphatic rings. The van der Waals surface area contributed by atoms with Gasteiger partial charge in [-0.1, -0.05) is 32.1 Å². The largest absolute Gasteiger partial charge is 0.457 e. The molecule has 24 heavy (non-hydrogen) atoms. The molecule has 0 amide bonds. The van der Waals surface area contributed by atoms with E-state index in [1.54, 1.807) is 0 Å². The first-order valence-corrected chi connectivity index (χ1v) is 8.53. The lowest BCUT2D eigenvalue weighted by atomic mass is 9.81. The van der Waals surface area contributed by atoms with Crippen LogP contribution in [0.4, 0.5) is 5.95 Å². The van der Waals surface area contributed by atoms with Crippen molar-refractivity contribution in [2.24, 2.45) is 5.41 Å². The zero-order chi connectivity index (χ0) is 17.6. The van der Waals surface area contributed by atoms with E-state index in [2.05, 4.69) is 9.97 Å². The highest BCUT2D eigenvalue weighted by Gasteiger charge is 2.53. The molecule has 0 bridgehead atoms. The molecule has 0 aromatic carbocycles. The van der Waals surface area contributed by atoms with Gasteiger partial charge >= 0.3 is 10.8 Å². The average Bonchev–Trinajstić information content (AvgIpc) is 2.93. The summed E-state index contributed by atoms with van der Waals surface area (Å²) in [5, 5.41) is 0. The van der Waals surface area contributed by atoms with E-state index in [-0.39, 0.29) is 16.9 Å². The van der Waals surface area contributed by atoms with E-state index >= 15 is 0 Å². The fourth-order valence-corrected chi connectivity index (χ4v) is 4.06. The van der Waals surface area contributed by atoms with Crippen LogP contribution in [-0.2, 0) is 14.3 Å². The Hall–Kier alpha value is -2.00. The predicted molar refractivity (Wildman–Crippen MR) is 89.6 cm³/mol. The summed E-state index contributed by atoms with van der Waals surface area (Å²) in [6.45, 7) is 7.28. The van der Waals surface area contributed by atoms with E-state index < -0.39 is 23.7 Å². The van der Waals surface area contributed by atoms with Crippen molar-refractivity contribution in [3.8, 4) is 0 Å². The number of fused-ring (bicyclic) bond motifs is 1. The highest BCUT2D eigenvalue weighted by molar-refractivity contribution is 7.16. The number of nitrogens with zero attached hydrogens (tertiary/aromatic N) is 3. The molecule has 3 heterocycles. The number of aromatic nitrogens is 3. The molecule has 2 aromatic rings. The number of nitrogen functional groups attached to an aromatic ring is 1. The maximum atomic E-state index is 12.5. The van der Waals surface area contributed by atoms with Gasteiger partial charge in [0.15, 0.2) is 18.0 Å². The van der Waals surface area contributed by atoms with Crippen molar-refractivity contribution >= 4 is 33.6 Å². The third kappa shape index (κ3) is 2.57. The van der Waals surface area contributed by atoms with Crippen LogP contribution in [0.2, 0.25) is 0 Å². The number of carbonyl (C=O) groups excluding carboxylic acids is 1.